The van der Waals surface area contributed by atoms with Crippen molar-refractivity contribution in [3.63, 3.8) is 0 Å². The van der Waals surface area contributed by atoms with Gasteiger partial charge in [0.2, 0.25) is 0 Å². The first-order valence-electron chi connectivity index (χ1n) is 5.92. The summed E-state index contributed by atoms with van der Waals surface area (Å²) in [6.45, 7) is 10.4. The highest BCUT2D eigenvalue weighted by Crippen LogP contribution is 2.14. The van der Waals surface area contributed by atoms with E-state index in [0.717, 1.165) is 12.8 Å². The number of esters is 1. The van der Waals surface area contributed by atoms with Crippen molar-refractivity contribution in [2.45, 2.75) is 46.5 Å². The van der Waals surface area contributed by atoms with Gasteiger partial charge in [-0.1, -0.05) is 46.1 Å². The summed E-state index contributed by atoms with van der Waals surface area (Å²) in [5.74, 6) is -0.0154. The standard InChI is InChI=1S/C13H24O2/c1-5-7-8-9-10-15-13(14)12(6-2)11(3)4/h6,11-12H,2,5,7-10H2,1,3-4H3. The van der Waals surface area contributed by atoms with E-state index < -0.39 is 0 Å². The predicted octanol–water partition coefficient (Wildman–Crippen LogP) is 3.57. The van der Waals surface area contributed by atoms with Gasteiger partial charge in [0, 0.05) is 0 Å². The molecule has 0 amide bonds. The Bertz CT molecular complexity index is 185. The third-order valence-corrected chi connectivity index (χ3v) is 2.49. The highest BCUT2D eigenvalue weighted by Gasteiger charge is 2.19. The Morgan fingerprint density at radius 1 is 1.33 bits per heavy atom. The van der Waals surface area contributed by atoms with Gasteiger partial charge in [-0.2, -0.15) is 0 Å². The van der Waals surface area contributed by atoms with Crippen LogP contribution in [0.5, 0.6) is 0 Å². The Morgan fingerprint density at radius 2 is 2.00 bits per heavy atom. The fourth-order valence-electron chi connectivity index (χ4n) is 1.44. The van der Waals surface area contributed by atoms with Gasteiger partial charge in [-0.05, 0) is 12.3 Å². The number of ether oxygens (including phenoxy) is 1. The van der Waals surface area contributed by atoms with E-state index in [1.165, 1.54) is 12.8 Å². The largest absolute Gasteiger partial charge is 0.465 e. The van der Waals surface area contributed by atoms with Crippen LogP contribution in [0.4, 0.5) is 0 Å². The minimum absolute atomic E-state index is 0.128. The summed E-state index contributed by atoms with van der Waals surface area (Å²) in [5.41, 5.74) is 0. The van der Waals surface area contributed by atoms with Crippen LogP contribution in [0.15, 0.2) is 12.7 Å². The summed E-state index contributed by atoms with van der Waals surface area (Å²) in [6.07, 6.45) is 6.21. The smallest absolute Gasteiger partial charge is 0.313 e. The minimum atomic E-state index is -0.156. The fourth-order valence-corrected chi connectivity index (χ4v) is 1.44. The molecule has 88 valence electrons. The molecule has 0 saturated heterocycles. The quantitative estimate of drug-likeness (QED) is 0.349. The van der Waals surface area contributed by atoms with Crippen LogP contribution in [0.2, 0.25) is 0 Å². The molecule has 0 aliphatic rings. The number of hydrogen-bond donors (Lipinski definition) is 0. The molecule has 0 aromatic rings. The summed E-state index contributed by atoms with van der Waals surface area (Å²) in [5, 5.41) is 0. The van der Waals surface area contributed by atoms with Crippen LogP contribution >= 0.6 is 0 Å². The fraction of sp³-hybridized carbons (Fsp3) is 0.769. The van der Waals surface area contributed by atoms with Gasteiger partial charge >= 0.3 is 5.97 Å². The second kappa shape index (κ2) is 8.51. The van der Waals surface area contributed by atoms with Crippen molar-refractivity contribution in [2.75, 3.05) is 6.61 Å². The average Bonchev–Trinajstić information content (AvgIpc) is 2.18. The molecule has 2 heteroatoms. The van der Waals surface area contributed by atoms with Crippen molar-refractivity contribution in [3.8, 4) is 0 Å². The number of hydrogen-bond acceptors (Lipinski definition) is 2. The van der Waals surface area contributed by atoms with Gasteiger partial charge in [-0.25, -0.2) is 0 Å². The van der Waals surface area contributed by atoms with Crippen LogP contribution in [0, 0.1) is 11.8 Å². The molecule has 0 rings (SSSR count). The number of unbranched alkanes of at least 4 members (excludes halogenated alkanes) is 3. The normalized spacial score (nSPS) is 12.5. The number of rotatable bonds is 8. The molecule has 0 bridgehead atoms. The molecule has 2 nitrogen and oxygen atoms in total. The Kier molecular flexibility index (Phi) is 8.06. The maximum absolute atomic E-state index is 11.6. The van der Waals surface area contributed by atoms with Crippen LogP contribution in [0.3, 0.4) is 0 Å². The molecule has 0 N–H and O–H groups in total. The van der Waals surface area contributed by atoms with Crippen LogP contribution in [-0.4, -0.2) is 12.6 Å². The first-order valence-corrected chi connectivity index (χ1v) is 5.92. The highest BCUT2D eigenvalue weighted by atomic mass is 16.5. The van der Waals surface area contributed by atoms with Gasteiger partial charge in [0.1, 0.15) is 0 Å². The van der Waals surface area contributed by atoms with E-state index in [-0.39, 0.29) is 17.8 Å². The second-order valence-electron chi connectivity index (χ2n) is 4.23. The van der Waals surface area contributed by atoms with Crippen LogP contribution in [-0.2, 0) is 9.53 Å². The van der Waals surface area contributed by atoms with Gasteiger partial charge in [0.15, 0.2) is 0 Å². The van der Waals surface area contributed by atoms with Gasteiger partial charge in [-0.15, -0.1) is 6.58 Å². The van der Waals surface area contributed by atoms with E-state index in [1.54, 1.807) is 6.08 Å². The zero-order valence-corrected chi connectivity index (χ0v) is 10.3. The van der Waals surface area contributed by atoms with Crippen molar-refractivity contribution < 1.29 is 9.53 Å². The average molecular weight is 212 g/mol. The summed E-state index contributed by atoms with van der Waals surface area (Å²) >= 11 is 0. The van der Waals surface area contributed by atoms with Gasteiger partial charge < -0.3 is 4.74 Å². The monoisotopic (exact) mass is 212 g/mol. The Hall–Kier alpha value is -0.790. The van der Waals surface area contributed by atoms with Crippen molar-refractivity contribution in [2.24, 2.45) is 11.8 Å². The molecule has 1 atom stereocenters. The van der Waals surface area contributed by atoms with Crippen molar-refractivity contribution >= 4 is 5.97 Å². The molecular weight excluding hydrogens is 188 g/mol. The molecule has 0 aromatic carbocycles. The maximum atomic E-state index is 11.6. The van der Waals surface area contributed by atoms with E-state index in [0.29, 0.717) is 6.61 Å². The van der Waals surface area contributed by atoms with E-state index in [1.807, 2.05) is 13.8 Å². The van der Waals surface area contributed by atoms with Gasteiger partial charge in [-0.3, -0.25) is 4.79 Å². The Balaban J connectivity index is 3.67. The molecule has 1 unspecified atom stereocenters. The maximum Gasteiger partial charge on any atom is 0.313 e. The summed E-state index contributed by atoms with van der Waals surface area (Å²) in [4.78, 5) is 11.6. The summed E-state index contributed by atoms with van der Waals surface area (Å²) in [7, 11) is 0. The van der Waals surface area contributed by atoms with Crippen molar-refractivity contribution in [1.29, 1.82) is 0 Å². The molecule has 0 heterocycles. The molecule has 0 aliphatic heterocycles. The zero-order chi connectivity index (χ0) is 11.7. The molecule has 0 fully saturated rings. The molecule has 0 radical (unpaired) electrons. The number of carbonyl (C=O) groups is 1. The van der Waals surface area contributed by atoms with Crippen LogP contribution in [0.25, 0.3) is 0 Å². The SMILES string of the molecule is C=CC(C(=O)OCCCCCC)C(C)C. The lowest BCUT2D eigenvalue weighted by Gasteiger charge is -2.15. The third-order valence-electron chi connectivity index (χ3n) is 2.49. The van der Waals surface area contributed by atoms with E-state index in [2.05, 4.69) is 13.5 Å². The molecule has 0 aliphatic carbocycles. The van der Waals surface area contributed by atoms with Gasteiger partial charge in [0.25, 0.3) is 0 Å². The predicted molar refractivity (Wildman–Crippen MR) is 63.6 cm³/mol. The van der Waals surface area contributed by atoms with Gasteiger partial charge in [0.05, 0.1) is 12.5 Å². The lowest BCUT2D eigenvalue weighted by atomic mass is 9.96. The summed E-state index contributed by atoms with van der Waals surface area (Å²) in [6, 6.07) is 0. The first kappa shape index (κ1) is 14.2. The Labute approximate surface area is 93.7 Å². The van der Waals surface area contributed by atoms with Crippen molar-refractivity contribution in [1.82, 2.24) is 0 Å². The topological polar surface area (TPSA) is 26.3 Å². The lowest BCUT2D eigenvalue weighted by molar-refractivity contribution is -0.148. The van der Waals surface area contributed by atoms with Crippen LogP contribution in [0.1, 0.15) is 46.5 Å². The molecule has 0 spiro atoms. The first-order chi connectivity index (χ1) is 7.13. The molecular formula is C13H24O2. The third kappa shape index (κ3) is 6.32. The van der Waals surface area contributed by atoms with E-state index in [9.17, 15) is 4.79 Å². The number of carbonyl (C=O) groups excluding carboxylic acids is 1. The lowest BCUT2D eigenvalue weighted by Crippen LogP contribution is -2.21. The van der Waals surface area contributed by atoms with Crippen molar-refractivity contribution in [3.05, 3.63) is 12.7 Å². The Morgan fingerprint density at radius 3 is 2.47 bits per heavy atom. The minimum Gasteiger partial charge on any atom is -0.465 e. The van der Waals surface area contributed by atoms with E-state index in [4.69, 9.17) is 4.74 Å². The molecule has 15 heavy (non-hydrogen) atoms. The van der Waals surface area contributed by atoms with E-state index >= 15 is 0 Å². The second-order valence-corrected chi connectivity index (χ2v) is 4.23. The zero-order valence-electron chi connectivity index (χ0n) is 10.3. The molecule has 0 saturated carbocycles. The summed E-state index contributed by atoms with van der Waals surface area (Å²) < 4.78 is 5.19. The highest BCUT2D eigenvalue weighted by molar-refractivity contribution is 5.74. The van der Waals surface area contributed by atoms with Crippen LogP contribution < -0.4 is 0 Å². The molecule has 0 aromatic heterocycles.